The molecule has 0 atom stereocenters. The minimum Gasteiger partial charge on any atom is -0.493 e. The Morgan fingerprint density at radius 3 is 2.70 bits per heavy atom. The van der Waals surface area contributed by atoms with Crippen LogP contribution >= 0.6 is 0 Å². The molecule has 3 aromatic rings. The lowest BCUT2D eigenvalue weighted by Crippen LogP contribution is -2.15. The number of nitrogens with zero attached hydrogens (tertiary/aromatic N) is 4. The first-order valence-corrected chi connectivity index (χ1v) is 8.16. The van der Waals surface area contributed by atoms with Crippen molar-refractivity contribution >= 4 is 11.6 Å². The summed E-state index contributed by atoms with van der Waals surface area (Å²) in [6, 6.07) is 12.2. The Morgan fingerprint density at radius 1 is 1.11 bits per heavy atom. The van der Waals surface area contributed by atoms with Gasteiger partial charge in [0.15, 0.2) is 11.5 Å². The van der Waals surface area contributed by atoms with E-state index in [2.05, 4.69) is 20.8 Å². The van der Waals surface area contributed by atoms with Crippen LogP contribution in [0.25, 0.3) is 5.69 Å². The van der Waals surface area contributed by atoms with Crippen LogP contribution in [0.15, 0.2) is 48.8 Å². The van der Waals surface area contributed by atoms with Gasteiger partial charge in [-0.15, -0.1) is 5.10 Å². The minimum atomic E-state index is -0.297. The summed E-state index contributed by atoms with van der Waals surface area (Å²) in [5.74, 6) is 0.786. The lowest BCUT2D eigenvalue weighted by molar-refractivity contribution is 0.102. The first-order valence-electron chi connectivity index (χ1n) is 8.16. The number of carbonyl (C=O) groups excluding carboxylic acids is 1. The number of nitrogens with one attached hydrogen (secondary N) is 1. The number of aromatic nitrogens is 4. The van der Waals surface area contributed by atoms with Crippen LogP contribution in [0, 0.1) is 0 Å². The molecule has 140 valence electrons. The van der Waals surface area contributed by atoms with Crippen molar-refractivity contribution in [3.63, 3.8) is 0 Å². The number of tetrazole rings is 1. The van der Waals surface area contributed by atoms with Crippen molar-refractivity contribution in [2.75, 3.05) is 32.8 Å². The monoisotopic (exact) mass is 369 g/mol. The van der Waals surface area contributed by atoms with Crippen molar-refractivity contribution in [2.45, 2.75) is 0 Å². The van der Waals surface area contributed by atoms with Gasteiger partial charge >= 0.3 is 0 Å². The molecule has 0 aliphatic rings. The molecule has 0 saturated heterocycles. The minimum absolute atomic E-state index is 0.297. The van der Waals surface area contributed by atoms with E-state index < -0.39 is 0 Å². The van der Waals surface area contributed by atoms with E-state index >= 15 is 0 Å². The first kappa shape index (κ1) is 18.3. The Labute approximate surface area is 155 Å². The molecule has 0 bridgehead atoms. The second-order valence-electron chi connectivity index (χ2n) is 5.43. The van der Waals surface area contributed by atoms with E-state index in [-0.39, 0.29) is 5.91 Å². The van der Waals surface area contributed by atoms with Crippen LogP contribution in [0.5, 0.6) is 11.5 Å². The van der Waals surface area contributed by atoms with Gasteiger partial charge in [0.1, 0.15) is 12.9 Å². The Balaban J connectivity index is 1.81. The normalized spacial score (nSPS) is 10.4. The van der Waals surface area contributed by atoms with Crippen LogP contribution in [-0.2, 0) is 4.74 Å². The number of anilines is 1. The van der Waals surface area contributed by atoms with Gasteiger partial charge < -0.3 is 19.5 Å². The highest BCUT2D eigenvalue weighted by Gasteiger charge is 2.15. The van der Waals surface area contributed by atoms with Gasteiger partial charge in [-0.3, -0.25) is 4.79 Å². The average molecular weight is 369 g/mol. The quantitative estimate of drug-likeness (QED) is 0.606. The molecule has 1 heterocycles. The van der Waals surface area contributed by atoms with E-state index in [1.165, 1.54) is 11.0 Å². The van der Waals surface area contributed by atoms with Crippen LogP contribution in [0.2, 0.25) is 0 Å². The van der Waals surface area contributed by atoms with Crippen LogP contribution in [0.4, 0.5) is 5.69 Å². The fourth-order valence-corrected chi connectivity index (χ4v) is 2.44. The van der Waals surface area contributed by atoms with E-state index in [1.807, 2.05) is 6.07 Å². The SMILES string of the molecule is COCCOc1cc(NC(=O)c2ccccc2-n2cnnn2)ccc1OC. The first-order chi connectivity index (χ1) is 13.2. The maximum absolute atomic E-state index is 12.8. The van der Waals surface area contributed by atoms with Gasteiger partial charge in [0.05, 0.1) is 25.0 Å². The number of methoxy groups -OCH3 is 2. The Bertz CT molecular complexity index is 899. The summed E-state index contributed by atoms with van der Waals surface area (Å²) in [4.78, 5) is 12.8. The third kappa shape index (κ3) is 4.39. The second-order valence-corrected chi connectivity index (χ2v) is 5.43. The summed E-state index contributed by atoms with van der Waals surface area (Å²) in [5.41, 5.74) is 1.58. The molecule has 1 N–H and O–H groups in total. The van der Waals surface area contributed by atoms with Gasteiger partial charge in [0.25, 0.3) is 5.91 Å². The average Bonchev–Trinajstić information content (AvgIpc) is 3.23. The zero-order chi connectivity index (χ0) is 19.1. The topological polar surface area (TPSA) is 100 Å². The van der Waals surface area contributed by atoms with Crippen LogP contribution in [-0.4, -0.2) is 53.5 Å². The fraction of sp³-hybridized carbons (Fsp3) is 0.222. The Kier molecular flexibility index (Phi) is 5.95. The van der Waals surface area contributed by atoms with E-state index in [0.29, 0.717) is 41.7 Å². The third-order valence-electron chi connectivity index (χ3n) is 3.71. The number of ether oxygens (including phenoxy) is 3. The smallest absolute Gasteiger partial charge is 0.257 e. The molecule has 0 spiro atoms. The zero-order valence-corrected chi connectivity index (χ0v) is 15.0. The van der Waals surface area contributed by atoms with Crippen molar-refractivity contribution in [1.29, 1.82) is 0 Å². The molecule has 1 aromatic heterocycles. The van der Waals surface area contributed by atoms with Gasteiger partial charge in [-0.2, -0.15) is 4.68 Å². The van der Waals surface area contributed by atoms with Crippen molar-refractivity contribution in [2.24, 2.45) is 0 Å². The lowest BCUT2D eigenvalue weighted by atomic mass is 10.1. The number of benzene rings is 2. The van der Waals surface area contributed by atoms with Crippen LogP contribution < -0.4 is 14.8 Å². The highest BCUT2D eigenvalue weighted by molar-refractivity contribution is 6.06. The summed E-state index contributed by atoms with van der Waals surface area (Å²) in [5, 5.41) is 13.9. The number of hydrogen-bond acceptors (Lipinski definition) is 7. The van der Waals surface area contributed by atoms with Gasteiger partial charge in [-0.05, 0) is 34.7 Å². The predicted molar refractivity (Wildman–Crippen MR) is 97.5 cm³/mol. The molecule has 0 unspecified atom stereocenters. The molecule has 0 saturated carbocycles. The Morgan fingerprint density at radius 2 is 1.96 bits per heavy atom. The number of amides is 1. The lowest BCUT2D eigenvalue weighted by Gasteiger charge is -2.13. The molecule has 27 heavy (non-hydrogen) atoms. The summed E-state index contributed by atoms with van der Waals surface area (Å²) in [6.45, 7) is 0.811. The zero-order valence-electron chi connectivity index (χ0n) is 15.0. The molecule has 0 radical (unpaired) electrons. The van der Waals surface area contributed by atoms with E-state index in [9.17, 15) is 4.79 Å². The van der Waals surface area contributed by atoms with E-state index in [4.69, 9.17) is 14.2 Å². The summed E-state index contributed by atoms with van der Waals surface area (Å²) < 4.78 is 17.3. The van der Waals surface area contributed by atoms with Crippen molar-refractivity contribution in [1.82, 2.24) is 20.2 Å². The predicted octanol–water partition coefficient (Wildman–Crippen LogP) is 1.95. The summed E-state index contributed by atoms with van der Waals surface area (Å²) >= 11 is 0. The molecule has 3 rings (SSSR count). The molecule has 1 amide bonds. The van der Waals surface area contributed by atoms with Crippen LogP contribution in [0.3, 0.4) is 0 Å². The van der Waals surface area contributed by atoms with Gasteiger partial charge in [0, 0.05) is 18.9 Å². The number of rotatable bonds is 8. The van der Waals surface area contributed by atoms with Crippen molar-refractivity contribution < 1.29 is 19.0 Å². The fourth-order valence-electron chi connectivity index (χ4n) is 2.44. The molecular formula is C18H19N5O4. The number of para-hydroxylation sites is 1. The molecule has 0 aliphatic heterocycles. The molecular weight excluding hydrogens is 350 g/mol. The van der Waals surface area contributed by atoms with E-state index in [0.717, 1.165) is 0 Å². The molecule has 9 heteroatoms. The molecule has 9 nitrogen and oxygen atoms in total. The van der Waals surface area contributed by atoms with Gasteiger partial charge in [-0.25, -0.2) is 0 Å². The standard InChI is InChI=1S/C18H19N5O4/c1-25-9-10-27-17-11-13(7-8-16(17)26-2)20-18(24)14-5-3-4-6-15(14)23-12-19-21-22-23/h3-8,11-12H,9-10H2,1-2H3,(H,20,24). The van der Waals surface area contributed by atoms with Gasteiger partial charge in [-0.1, -0.05) is 12.1 Å². The van der Waals surface area contributed by atoms with E-state index in [1.54, 1.807) is 50.6 Å². The largest absolute Gasteiger partial charge is 0.493 e. The van der Waals surface area contributed by atoms with Crippen LogP contribution in [0.1, 0.15) is 10.4 Å². The molecule has 0 aliphatic carbocycles. The Hall–Kier alpha value is -3.46. The van der Waals surface area contributed by atoms with Gasteiger partial charge in [0.2, 0.25) is 0 Å². The highest BCUT2D eigenvalue weighted by atomic mass is 16.5. The molecule has 2 aromatic carbocycles. The summed E-state index contributed by atoms with van der Waals surface area (Å²) in [6.07, 6.45) is 1.43. The summed E-state index contributed by atoms with van der Waals surface area (Å²) in [7, 11) is 3.15. The number of hydrogen-bond donors (Lipinski definition) is 1. The third-order valence-corrected chi connectivity index (χ3v) is 3.71. The van der Waals surface area contributed by atoms with Crippen molar-refractivity contribution in [3.05, 3.63) is 54.4 Å². The number of carbonyl (C=O) groups is 1. The maximum atomic E-state index is 12.8. The maximum Gasteiger partial charge on any atom is 0.257 e. The molecule has 0 fully saturated rings. The van der Waals surface area contributed by atoms with Crippen molar-refractivity contribution in [3.8, 4) is 17.2 Å². The second kappa shape index (κ2) is 8.77. The highest BCUT2D eigenvalue weighted by Crippen LogP contribution is 2.30.